The number of aryl methyl sites for hydroxylation is 1. The number of hydrogen-bond donors (Lipinski definition) is 1. The predicted octanol–water partition coefficient (Wildman–Crippen LogP) is 5.99. The molecule has 3 aromatic rings. The third-order valence-electron chi connectivity index (χ3n) is 8.20. The summed E-state index contributed by atoms with van der Waals surface area (Å²) in [5, 5.41) is 24.2. The largest absolute Gasteiger partial charge is 0.542 e. The van der Waals surface area contributed by atoms with Crippen LogP contribution in [-0.4, -0.2) is 79.3 Å². The van der Waals surface area contributed by atoms with Crippen molar-refractivity contribution in [3.8, 4) is 0 Å². The Morgan fingerprint density at radius 2 is 1.47 bits per heavy atom. The maximum absolute atomic E-state index is 13.3. The van der Waals surface area contributed by atoms with E-state index in [2.05, 4.69) is 37.4 Å². The SMILES string of the molecule is C[N+]1(CCCCCCOCCCCc2ccccc2)CCC(OC(=O)C(O)(Cc2cccs2)Cc2cccs2)C1.O=C([O-])C(F)(F)F. The maximum atomic E-state index is 13.3. The van der Waals surface area contributed by atoms with E-state index in [0.29, 0.717) is 0 Å². The molecule has 1 aliphatic heterocycles. The number of hydrogen-bond acceptors (Lipinski definition) is 8. The molecule has 260 valence electrons. The first-order valence-corrected chi connectivity index (χ1v) is 17.9. The number of ether oxygens (including phenoxy) is 2. The molecule has 4 rings (SSSR count). The number of likely N-dealkylation sites (N-methyl/N-ethyl adjacent to an activating group) is 1. The zero-order valence-corrected chi connectivity index (χ0v) is 28.6. The van der Waals surface area contributed by atoms with Gasteiger partial charge in [-0.05, 0) is 67.0 Å². The Bertz CT molecular complexity index is 1270. The summed E-state index contributed by atoms with van der Waals surface area (Å²) in [7, 11) is 2.27. The topological polar surface area (TPSA) is 95.9 Å². The molecule has 12 heteroatoms. The van der Waals surface area contributed by atoms with Gasteiger partial charge in [0.1, 0.15) is 12.5 Å². The Labute approximate surface area is 283 Å². The molecule has 1 aromatic carbocycles. The monoisotopic (exact) mass is 697 g/mol. The van der Waals surface area contributed by atoms with Crippen LogP contribution < -0.4 is 5.11 Å². The lowest BCUT2D eigenvalue weighted by atomic mass is 9.93. The zero-order chi connectivity index (χ0) is 34.2. The van der Waals surface area contributed by atoms with Crippen LogP contribution in [0.4, 0.5) is 13.2 Å². The van der Waals surface area contributed by atoms with Gasteiger partial charge in [-0.25, -0.2) is 4.79 Å². The van der Waals surface area contributed by atoms with Gasteiger partial charge in [0, 0.05) is 42.2 Å². The highest BCUT2D eigenvalue weighted by molar-refractivity contribution is 7.10. The predicted molar refractivity (Wildman–Crippen MR) is 176 cm³/mol. The molecule has 0 radical (unpaired) electrons. The van der Waals surface area contributed by atoms with Crippen molar-refractivity contribution >= 4 is 34.6 Å². The van der Waals surface area contributed by atoms with Crippen molar-refractivity contribution in [3.63, 3.8) is 0 Å². The number of halogens is 3. The fourth-order valence-corrected chi connectivity index (χ4v) is 7.25. The van der Waals surface area contributed by atoms with Gasteiger partial charge in [-0.15, -0.1) is 22.7 Å². The van der Waals surface area contributed by atoms with Crippen LogP contribution in [0.2, 0.25) is 0 Å². The van der Waals surface area contributed by atoms with Gasteiger partial charge in [0.05, 0.1) is 20.1 Å². The number of carbonyl (C=O) groups is 2. The van der Waals surface area contributed by atoms with Crippen LogP contribution in [0.15, 0.2) is 65.4 Å². The van der Waals surface area contributed by atoms with Gasteiger partial charge in [0.25, 0.3) is 0 Å². The molecular formula is C35H46F3NO6S2. The first-order valence-electron chi connectivity index (χ1n) is 16.1. The second-order valence-corrected chi connectivity index (χ2v) is 14.4. The molecule has 0 amide bonds. The van der Waals surface area contributed by atoms with E-state index in [1.807, 2.05) is 35.0 Å². The first kappa shape index (κ1) is 38.7. The number of quaternary nitrogens is 1. The molecular weight excluding hydrogens is 652 g/mol. The van der Waals surface area contributed by atoms with E-state index in [1.54, 1.807) is 22.7 Å². The van der Waals surface area contributed by atoms with Crippen LogP contribution in [0.25, 0.3) is 0 Å². The molecule has 1 fully saturated rings. The number of nitrogens with zero attached hydrogens (tertiary/aromatic N) is 1. The number of carboxylic acid groups (broad SMARTS) is 1. The van der Waals surface area contributed by atoms with Gasteiger partial charge >= 0.3 is 12.1 Å². The van der Waals surface area contributed by atoms with Crippen molar-refractivity contribution in [2.24, 2.45) is 0 Å². The fraction of sp³-hybridized carbons (Fsp3) is 0.543. The summed E-state index contributed by atoms with van der Waals surface area (Å²) in [6.45, 7) is 4.65. The number of alkyl halides is 3. The lowest BCUT2D eigenvalue weighted by Crippen LogP contribution is -2.47. The lowest BCUT2D eigenvalue weighted by Gasteiger charge is -2.30. The summed E-state index contributed by atoms with van der Waals surface area (Å²) in [6.07, 6.45) is 4.24. The Morgan fingerprint density at radius 3 is 2.02 bits per heavy atom. The van der Waals surface area contributed by atoms with Crippen LogP contribution in [0.3, 0.4) is 0 Å². The standard InChI is InChI=1S/C33H46NO4S2.C2HF3O2/c1-34(19-8-2-3-9-21-37-22-10-7-15-28-13-5-4-6-14-28)20-18-29(27-34)38-32(35)33(36,25-30-16-11-23-39-30)26-31-17-12-24-40-31;3-2(4,5)1(6)7/h4-6,11-14,16-17,23-24,29,36H,2-3,7-10,15,18-22,25-27H2,1H3;(H,6,7)/q+1;/p-1. The van der Waals surface area contributed by atoms with Gasteiger partial charge in [-0.2, -0.15) is 13.2 Å². The molecule has 2 atom stereocenters. The number of likely N-dealkylation sites (tertiary alicyclic amines) is 1. The van der Waals surface area contributed by atoms with Gasteiger partial charge in [0.2, 0.25) is 0 Å². The number of aliphatic hydroxyl groups is 1. The lowest BCUT2D eigenvalue weighted by molar-refractivity contribution is -0.899. The molecule has 3 heterocycles. The van der Waals surface area contributed by atoms with Crippen LogP contribution in [0.1, 0.15) is 60.3 Å². The third kappa shape index (κ3) is 14.5. The van der Waals surface area contributed by atoms with Crippen molar-refractivity contribution in [1.82, 2.24) is 0 Å². The van der Waals surface area contributed by atoms with Gasteiger partial charge in [-0.3, -0.25) is 0 Å². The van der Waals surface area contributed by atoms with Crippen LogP contribution in [0, 0.1) is 0 Å². The highest BCUT2D eigenvalue weighted by Gasteiger charge is 2.43. The van der Waals surface area contributed by atoms with Crippen molar-refractivity contribution in [2.75, 3.05) is 39.9 Å². The summed E-state index contributed by atoms with van der Waals surface area (Å²) in [4.78, 5) is 24.1. The summed E-state index contributed by atoms with van der Waals surface area (Å²) in [6, 6.07) is 18.5. The quantitative estimate of drug-likeness (QED) is 0.0998. The Morgan fingerprint density at radius 1 is 0.894 bits per heavy atom. The minimum absolute atomic E-state index is 0.133. The zero-order valence-electron chi connectivity index (χ0n) is 26.9. The summed E-state index contributed by atoms with van der Waals surface area (Å²) in [5.41, 5.74) is -0.128. The molecule has 0 aliphatic carbocycles. The highest BCUT2D eigenvalue weighted by atomic mass is 32.1. The number of benzene rings is 1. The number of thiophene rings is 2. The number of carboxylic acids is 1. The molecule has 0 bridgehead atoms. The van der Waals surface area contributed by atoms with Gasteiger partial charge < -0.3 is 29.0 Å². The highest BCUT2D eigenvalue weighted by Crippen LogP contribution is 2.28. The Hall–Kier alpha value is -2.77. The van der Waals surface area contributed by atoms with E-state index in [-0.39, 0.29) is 18.9 Å². The van der Waals surface area contributed by atoms with Crippen molar-refractivity contribution in [3.05, 3.63) is 80.7 Å². The molecule has 0 spiro atoms. The van der Waals surface area contributed by atoms with Crippen LogP contribution >= 0.6 is 22.7 Å². The van der Waals surface area contributed by atoms with Crippen LogP contribution in [-0.2, 0) is 38.3 Å². The normalized spacial score (nSPS) is 18.0. The number of carbonyl (C=O) groups excluding carboxylic acids is 2. The smallest absolute Gasteiger partial charge is 0.430 e. The number of aliphatic carboxylic acids is 1. The van der Waals surface area contributed by atoms with Crippen molar-refractivity contribution in [1.29, 1.82) is 0 Å². The molecule has 2 unspecified atom stereocenters. The third-order valence-corrected chi connectivity index (χ3v) is 9.95. The Kier molecular flexibility index (Phi) is 15.9. The second-order valence-electron chi connectivity index (χ2n) is 12.4. The van der Waals surface area contributed by atoms with E-state index in [1.165, 1.54) is 31.2 Å². The molecule has 7 nitrogen and oxygen atoms in total. The number of rotatable bonds is 18. The second kappa shape index (κ2) is 19.3. The molecule has 2 aromatic heterocycles. The van der Waals surface area contributed by atoms with Crippen molar-refractivity contribution in [2.45, 2.75) is 82.1 Å². The summed E-state index contributed by atoms with van der Waals surface area (Å²) >= 11 is 3.13. The van der Waals surface area contributed by atoms with E-state index in [9.17, 15) is 23.1 Å². The van der Waals surface area contributed by atoms with E-state index in [4.69, 9.17) is 19.4 Å². The van der Waals surface area contributed by atoms with Gasteiger partial charge in [0.15, 0.2) is 11.7 Å². The molecule has 1 saturated heterocycles. The maximum Gasteiger partial charge on any atom is 0.430 e. The molecule has 0 saturated carbocycles. The van der Waals surface area contributed by atoms with Gasteiger partial charge in [-0.1, -0.05) is 48.9 Å². The minimum atomic E-state index is -5.19. The summed E-state index contributed by atoms with van der Waals surface area (Å²) in [5.74, 6) is -3.49. The number of unbranched alkanes of at least 4 members (excludes halogenated alkanes) is 4. The van der Waals surface area contributed by atoms with Crippen LogP contribution in [0.5, 0.6) is 0 Å². The average molecular weight is 698 g/mol. The molecule has 47 heavy (non-hydrogen) atoms. The molecule has 1 aliphatic rings. The van der Waals surface area contributed by atoms with E-state index >= 15 is 0 Å². The number of esters is 1. The van der Waals surface area contributed by atoms with E-state index < -0.39 is 23.7 Å². The minimum Gasteiger partial charge on any atom is -0.542 e. The van der Waals surface area contributed by atoms with E-state index in [0.717, 1.165) is 72.8 Å². The average Bonchev–Trinajstić information content (AvgIpc) is 3.80. The fourth-order valence-electron chi connectivity index (χ4n) is 5.63. The van der Waals surface area contributed by atoms with Crippen molar-refractivity contribution < 1.29 is 46.9 Å². The first-order chi connectivity index (χ1) is 22.4. The molecule has 1 N–H and O–H groups in total. The summed E-state index contributed by atoms with van der Waals surface area (Å²) < 4.78 is 44.3. The Balaban J connectivity index is 0.000000771.